The van der Waals surface area contributed by atoms with E-state index in [1.807, 2.05) is 6.07 Å². The van der Waals surface area contributed by atoms with Crippen molar-refractivity contribution in [3.63, 3.8) is 0 Å². The van der Waals surface area contributed by atoms with Crippen molar-refractivity contribution in [1.82, 2.24) is 15.0 Å². The molecule has 0 atom stereocenters. The summed E-state index contributed by atoms with van der Waals surface area (Å²) in [6, 6.07) is 1.88. The van der Waals surface area contributed by atoms with Crippen LogP contribution in [0.25, 0.3) is 10.7 Å². The van der Waals surface area contributed by atoms with Gasteiger partial charge in [0.1, 0.15) is 17.0 Å². The van der Waals surface area contributed by atoms with Gasteiger partial charge in [0.15, 0.2) is 0 Å². The minimum absolute atomic E-state index is 0.0990. The van der Waals surface area contributed by atoms with Crippen molar-refractivity contribution in [3.8, 4) is 10.7 Å². The van der Waals surface area contributed by atoms with Gasteiger partial charge in [0.2, 0.25) is 0 Å². The van der Waals surface area contributed by atoms with Gasteiger partial charge in [-0.3, -0.25) is 0 Å². The fraction of sp³-hybridized carbons (Fsp3) is 0.364. The van der Waals surface area contributed by atoms with E-state index in [4.69, 9.17) is 0 Å². The highest BCUT2D eigenvalue weighted by Gasteiger charge is 2.17. The highest BCUT2D eigenvalue weighted by molar-refractivity contribution is 7.13. The number of hydrogen-bond acceptors (Lipinski definition) is 4. The van der Waals surface area contributed by atoms with E-state index in [-0.39, 0.29) is 5.41 Å². The first kappa shape index (κ1) is 10.2. The molecule has 2 rings (SSSR count). The van der Waals surface area contributed by atoms with Crippen molar-refractivity contribution in [3.05, 3.63) is 29.7 Å². The van der Waals surface area contributed by atoms with Crippen LogP contribution in [0.4, 0.5) is 0 Å². The first-order valence-corrected chi connectivity index (χ1v) is 5.68. The van der Waals surface area contributed by atoms with Gasteiger partial charge in [-0.15, -0.1) is 11.3 Å². The third-order valence-electron chi connectivity index (χ3n) is 2.07. The fourth-order valence-electron chi connectivity index (χ4n) is 1.15. The summed E-state index contributed by atoms with van der Waals surface area (Å²) < 4.78 is 0. The van der Waals surface area contributed by atoms with E-state index < -0.39 is 0 Å². The molecule has 0 aliphatic rings. The number of nitrogens with zero attached hydrogens (tertiary/aromatic N) is 3. The zero-order chi connectivity index (χ0) is 10.9. The maximum Gasteiger partial charge on any atom is 0.142 e. The smallest absolute Gasteiger partial charge is 0.142 e. The number of aromatic nitrogens is 3. The average molecular weight is 219 g/mol. The Hall–Kier alpha value is -1.29. The molecule has 78 valence electrons. The Morgan fingerprint density at radius 3 is 2.60 bits per heavy atom. The first-order valence-electron chi connectivity index (χ1n) is 4.80. The molecule has 0 unspecified atom stereocenters. The second-order valence-electron chi connectivity index (χ2n) is 4.38. The van der Waals surface area contributed by atoms with Crippen LogP contribution in [-0.4, -0.2) is 15.0 Å². The molecule has 0 saturated heterocycles. The molecule has 0 N–H and O–H groups in total. The highest BCUT2D eigenvalue weighted by atomic mass is 32.1. The maximum atomic E-state index is 4.58. The third kappa shape index (κ3) is 2.21. The van der Waals surface area contributed by atoms with E-state index in [1.165, 1.54) is 0 Å². The standard InChI is InChI=1S/C11H13N3S/c1-11(2,3)9-6-15-10(14-9)8-4-5-12-7-13-8/h4-7H,1-3H3. The van der Waals surface area contributed by atoms with Crippen molar-refractivity contribution in [2.45, 2.75) is 26.2 Å². The highest BCUT2D eigenvalue weighted by Crippen LogP contribution is 2.28. The molecule has 15 heavy (non-hydrogen) atoms. The van der Waals surface area contributed by atoms with Crippen LogP contribution >= 0.6 is 11.3 Å². The molecule has 0 fully saturated rings. The van der Waals surface area contributed by atoms with Crippen LogP contribution < -0.4 is 0 Å². The molecule has 0 aliphatic carbocycles. The Morgan fingerprint density at radius 1 is 1.27 bits per heavy atom. The van der Waals surface area contributed by atoms with Gasteiger partial charge in [0.25, 0.3) is 0 Å². The molecule has 0 aliphatic heterocycles. The lowest BCUT2D eigenvalue weighted by Crippen LogP contribution is -2.11. The SMILES string of the molecule is CC(C)(C)c1csc(-c2ccncn2)n1. The van der Waals surface area contributed by atoms with Crippen LogP contribution in [0.15, 0.2) is 24.0 Å². The molecule has 0 aromatic carbocycles. The Balaban J connectivity index is 2.37. The summed E-state index contributed by atoms with van der Waals surface area (Å²) in [6.45, 7) is 6.48. The molecule has 2 aromatic heterocycles. The lowest BCUT2D eigenvalue weighted by Gasteiger charge is -2.14. The van der Waals surface area contributed by atoms with Crippen molar-refractivity contribution in [1.29, 1.82) is 0 Å². The van der Waals surface area contributed by atoms with Crippen LogP contribution in [0, 0.1) is 0 Å². The molecule has 4 heteroatoms. The van der Waals surface area contributed by atoms with Crippen LogP contribution in [0.1, 0.15) is 26.5 Å². The van der Waals surface area contributed by atoms with E-state index in [0.29, 0.717) is 0 Å². The van der Waals surface area contributed by atoms with E-state index in [2.05, 4.69) is 41.1 Å². The van der Waals surface area contributed by atoms with Crippen LogP contribution in [0.5, 0.6) is 0 Å². The van der Waals surface area contributed by atoms with Gasteiger partial charge in [-0.1, -0.05) is 20.8 Å². The second-order valence-corrected chi connectivity index (χ2v) is 5.24. The molecular weight excluding hydrogens is 206 g/mol. The maximum absolute atomic E-state index is 4.58. The summed E-state index contributed by atoms with van der Waals surface area (Å²) in [6.07, 6.45) is 3.29. The largest absolute Gasteiger partial charge is 0.245 e. The Labute approximate surface area is 93.2 Å². The summed E-state index contributed by atoms with van der Waals surface area (Å²) in [4.78, 5) is 12.7. The van der Waals surface area contributed by atoms with E-state index in [9.17, 15) is 0 Å². The third-order valence-corrected chi connectivity index (χ3v) is 2.94. The van der Waals surface area contributed by atoms with Gasteiger partial charge >= 0.3 is 0 Å². The van der Waals surface area contributed by atoms with Gasteiger partial charge < -0.3 is 0 Å². The Morgan fingerprint density at radius 2 is 2.07 bits per heavy atom. The lowest BCUT2D eigenvalue weighted by atomic mass is 9.93. The predicted octanol–water partition coefficient (Wildman–Crippen LogP) is 2.90. The molecule has 2 aromatic rings. The monoisotopic (exact) mass is 219 g/mol. The Bertz CT molecular complexity index is 442. The predicted molar refractivity (Wildman–Crippen MR) is 61.8 cm³/mol. The van der Waals surface area contributed by atoms with E-state index >= 15 is 0 Å². The van der Waals surface area contributed by atoms with Crippen molar-refractivity contribution >= 4 is 11.3 Å². The van der Waals surface area contributed by atoms with Crippen LogP contribution in [0.2, 0.25) is 0 Å². The fourth-order valence-corrected chi connectivity index (χ4v) is 2.18. The van der Waals surface area contributed by atoms with E-state index in [1.54, 1.807) is 23.9 Å². The van der Waals surface area contributed by atoms with Gasteiger partial charge in [0, 0.05) is 17.0 Å². The zero-order valence-corrected chi connectivity index (χ0v) is 9.88. The zero-order valence-electron chi connectivity index (χ0n) is 9.06. The first-order chi connectivity index (χ1) is 7.07. The summed E-state index contributed by atoms with van der Waals surface area (Å²) in [5.74, 6) is 0. The average Bonchev–Trinajstić information content (AvgIpc) is 2.67. The summed E-state index contributed by atoms with van der Waals surface area (Å²) in [5, 5.41) is 3.06. The number of thiazole rings is 1. The lowest BCUT2D eigenvalue weighted by molar-refractivity contribution is 0.573. The van der Waals surface area contributed by atoms with Gasteiger partial charge in [-0.25, -0.2) is 15.0 Å². The van der Waals surface area contributed by atoms with Crippen molar-refractivity contribution in [2.75, 3.05) is 0 Å². The van der Waals surface area contributed by atoms with Crippen LogP contribution in [0.3, 0.4) is 0 Å². The van der Waals surface area contributed by atoms with E-state index in [0.717, 1.165) is 16.4 Å². The Kier molecular flexibility index (Phi) is 2.52. The van der Waals surface area contributed by atoms with Gasteiger partial charge in [-0.05, 0) is 6.07 Å². The quantitative estimate of drug-likeness (QED) is 0.740. The molecule has 0 bridgehead atoms. The van der Waals surface area contributed by atoms with Gasteiger partial charge in [-0.2, -0.15) is 0 Å². The second kappa shape index (κ2) is 3.70. The minimum Gasteiger partial charge on any atom is -0.245 e. The summed E-state index contributed by atoms with van der Waals surface area (Å²) in [5.41, 5.74) is 2.11. The summed E-state index contributed by atoms with van der Waals surface area (Å²) >= 11 is 1.63. The topological polar surface area (TPSA) is 38.7 Å². The van der Waals surface area contributed by atoms with Crippen molar-refractivity contribution < 1.29 is 0 Å². The number of hydrogen-bond donors (Lipinski definition) is 0. The normalized spacial score (nSPS) is 11.7. The molecule has 0 radical (unpaired) electrons. The minimum atomic E-state index is 0.0990. The molecule has 0 spiro atoms. The molecule has 2 heterocycles. The summed E-state index contributed by atoms with van der Waals surface area (Å²) in [7, 11) is 0. The van der Waals surface area contributed by atoms with Crippen LogP contribution in [-0.2, 0) is 5.41 Å². The van der Waals surface area contributed by atoms with Crippen molar-refractivity contribution in [2.24, 2.45) is 0 Å². The molecule has 3 nitrogen and oxygen atoms in total. The number of rotatable bonds is 1. The molecule has 0 amide bonds. The molecular formula is C11H13N3S. The van der Waals surface area contributed by atoms with Gasteiger partial charge in [0.05, 0.1) is 5.69 Å². The molecule has 0 saturated carbocycles.